The molecule has 2 heterocycles. The van der Waals surface area contributed by atoms with Gasteiger partial charge in [-0.1, -0.05) is 0 Å². The minimum absolute atomic E-state index is 0.129. The highest BCUT2D eigenvalue weighted by Gasteiger charge is 2.11. The molecule has 0 unspecified atom stereocenters. The minimum Gasteiger partial charge on any atom is -0.398 e. The van der Waals surface area contributed by atoms with Crippen molar-refractivity contribution in [2.24, 2.45) is 0 Å². The molecule has 0 bridgehead atoms. The smallest absolute Gasteiger partial charge is 0.265 e. The van der Waals surface area contributed by atoms with Crippen LogP contribution in [0.4, 0.5) is 11.4 Å². The number of nitrogen functional groups attached to an aromatic ring is 1. The molecule has 6 heteroatoms. The van der Waals surface area contributed by atoms with Crippen molar-refractivity contribution in [1.29, 1.82) is 0 Å². The number of amides is 1. The normalized spacial score (nSPS) is 10.9. The summed E-state index contributed by atoms with van der Waals surface area (Å²) in [7, 11) is 0. The van der Waals surface area contributed by atoms with Gasteiger partial charge in [0.15, 0.2) is 0 Å². The Morgan fingerprint density at radius 2 is 2.05 bits per heavy atom. The van der Waals surface area contributed by atoms with Gasteiger partial charge < -0.3 is 11.1 Å². The molecule has 102 valence electrons. The summed E-state index contributed by atoms with van der Waals surface area (Å²) < 4.78 is 1.07. The van der Waals surface area contributed by atoms with E-state index in [1.165, 1.54) is 11.3 Å². The molecule has 3 N–H and O–H groups in total. The van der Waals surface area contributed by atoms with Gasteiger partial charge in [0.25, 0.3) is 5.91 Å². The number of hydrogen-bond acceptors (Lipinski definition) is 5. The summed E-state index contributed by atoms with van der Waals surface area (Å²) in [6, 6.07) is 7.44. The SMILES string of the molecule is Cc1nc2ccc(NC(=O)c3cc(N)c(C)s3)cc2s1. The van der Waals surface area contributed by atoms with Crippen molar-refractivity contribution in [2.45, 2.75) is 13.8 Å². The third-order valence-corrected chi connectivity index (χ3v) is 4.93. The van der Waals surface area contributed by atoms with Crippen molar-refractivity contribution < 1.29 is 4.79 Å². The van der Waals surface area contributed by atoms with E-state index in [0.29, 0.717) is 10.6 Å². The molecular weight excluding hydrogens is 290 g/mol. The van der Waals surface area contributed by atoms with Gasteiger partial charge in [0.1, 0.15) is 0 Å². The van der Waals surface area contributed by atoms with Gasteiger partial charge in [-0.25, -0.2) is 4.98 Å². The number of thiazole rings is 1. The number of benzene rings is 1. The molecule has 2 aromatic heterocycles. The Labute approximate surface area is 124 Å². The Bertz CT molecular complexity index is 784. The summed E-state index contributed by atoms with van der Waals surface area (Å²) in [6.07, 6.45) is 0. The number of thiophene rings is 1. The molecule has 3 aromatic rings. The van der Waals surface area contributed by atoms with Crippen molar-refractivity contribution in [2.75, 3.05) is 11.1 Å². The summed E-state index contributed by atoms with van der Waals surface area (Å²) in [5.74, 6) is -0.129. The lowest BCUT2D eigenvalue weighted by Gasteiger charge is -2.03. The quantitative estimate of drug-likeness (QED) is 0.756. The molecule has 0 saturated carbocycles. The molecule has 1 amide bonds. The predicted octanol–water partition coefficient (Wildman–Crippen LogP) is 3.81. The van der Waals surface area contributed by atoms with E-state index < -0.39 is 0 Å². The first-order chi connectivity index (χ1) is 9.52. The first kappa shape index (κ1) is 13.1. The molecule has 0 fully saturated rings. The molecule has 4 nitrogen and oxygen atoms in total. The van der Waals surface area contributed by atoms with Crippen LogP contribution in [-0.2, 0) is 0 Å². The topological polar surface area (TPSA) is 68.0 Å². The van der Waals surface area contributed by atoms with Crippen LogP contribution in [0, 0.1) is 13.8 Å². The number of carbonyl (C=O) groups excluding carboxylic acids is 1. The van der Waals surface area contributed by atoms with Crippen LogP contribution in [0.3, 0.4) is 0 Å². The number of fused-ring (bicyclic) bond motifs is 1. The van der Waals surface area contributed by atoms with Crippen molar-refractivity contribution in [1.82, 2.24) is 4.98 Å². The highest BCUT2D eigenvalue weighted by molar-refractivity contribution is 7.18. The Hall–Kier alpha value is -1.92. The average Bonchev–Trinajstić information content (AvgIpc) is 2.91. The number of aromatic nitrogens is 1. The molecule has 0 radical (unpaired) electrons. The molecule has 20 heavy (non-hydrogen) atoms. The van der Waals surface area contributed by atoms with Crippen LogP contribution in [-0.4, -0.2) is 10.9 Å². The number of nitrogens with two attached hydrogens (primary N) is 1. The van der Waals surface area contributed by atoms with Crippen LogP contribution in [0.25, 0.3) is 10.2 Å². The fourth-order valence-corrected chi connectivity index (χ4v) is 3.62. The summed E-state index contributed by atoms with van der Waals surface area (Å²) in [4.78, 5) is 18.1. The Balaban J connectivity index is 1.86. The zero-order valence-electron chi connectivity index (χ0n) is 11.1. The van der Waals surface area contributed by atoms with E-state index in [1.807, 2.05) is 32.0 Å². The van der Waals surface area contributed by atoms with Gasteiger partial charge in [-0.2, -0.15) is 0 Å². The number of carbonyl (C=O) groups is 1. The Morgan fingerprint density at radius 3 is 2.75 bits per heavy atom. The van der Waals surface area contributed by atoms with Gasteiger partial charge in [-0.15, -0.1) is 22.7 Å². The number of anilines is 2. The number of aryl methyl sites for hydroxylation is 2. The molecule has 0 spiro atoms. The summed E-state index contributed by atoms with van der Waals surface area (Å²) in [5, 5.41) is 3.91. The lowest BCUT2D eigenvalue weighted by molar-refractivity contribution is 0.103. The predicted molar refractivity (Wildman–Crippen MR) is 85.8 cm³/mol. The van der Waals surface area contributed by atoms with E-state index in [2.05, 4.69) is 10.3 Å². The Morgan fingerprint density at radius 1 is 1.25 bits per heavy atom. The first-order valence-corrected chi connectivity index (χ1v) is 7.70. The second-order valence-corrected chi connectivity index (χ2v) is 6.98. The third kappa shape index (κ3) is 2.39. The number of rotatable bonds is 2. The molecule has 0 aliphatic rings. The van der Waals surface area contributed by atoms with Crippen LogP contribution < -0.4 is 11.1 Å². The fraction of sp³-hybridized carbons (Fsp3) is 0.143. The largest absolute Gasteiger partial charge is 0.398 e. The van der Waals surface area contributed by atoms with E-state index in [1.54, 1.807) is 17.4 Å². The molecule has 1 aromatic carbocycles. The van der Waals surface area contributed by atoms with E-state index in [4.69, 9.17) is 5.73 Å². The van der Waals surface area contributed by atoms with Crippen LogP contribution in [0.15, 0.2) is 24.3 Å². The van der Waals surface area contributed by atoms with Gasteiger partial charge in [0, 0.05) is 16.3 Å². The minimum atomic E-state index is -0.129. The van der Waals surface area contributed by atoms with Gasteiger partial charge >= 0.3 is 0 Å². The van der Waals surface area contributed by atoms with Crippen molar-refractivity contribution >= 4 is 50.2 Å². The number of hydrogen-bond donors (Lipinski definition) is 2. The van der Waals surface area contributed by atoms with Crippen molar-refractivity contribution in [3.8, 4) is 0 Å². The third-order valence-electron chi connectivity index (χ3n) is 2.93. The zero-order chi connectivity index (χ0) is 14.3. The summed E-state index contributed by atoms with van der Waals surface area (Å²) in [5.41, 5.74) is 8.17. The fourth-order valence-electron chi connectivity index (χ4n) is 1.92. The number of nitrogens with one attached hydrogen (secondary N) is 1. The van der Waals surface area contributed by atoms with Gasteiger partial charge in [-0.3, -0.25) is 4.79 Å². The maximum atomic E-state index is 12.2. The first-order valence-electron chi connectivity index (χ1n) is 6.07. The standard InChI is InChI=1S/C14H13N3OS2/c1-7-10(15)6-13(19-7)14(18)17-9-3-4-11-12(5-9)20-8(2)16-11/h3-6H,15H2,1-2H3,(H,17,18). The lowest BCUT2D eigenvalue weighted by Crippen LogP contribution is -2.09. The molecule has 0 saturated heterocycles. The number of nitrogens with zero attached hydrogens (tertiary/aromatic N) is 1. The lowest BCUT2D eigenvalue weighted by atomic mass is 10.3. The second kappa shape index (κ2) is 4.88. The maximum Gasteiger partial charge on any atom is 0.265 e. The van der Waals surface area contributed by atoms with E-state index in [0.717, 1.165) is 25.8 Å². The van der Waals surface area contributed by atoms with Crippen molar-refractivity contribution in [3.63, 3.8) is 0 Å². The van der Waals surface area contributed by atoms with E-state index >= 15 is 0 Å². The average molecular weight is 303 g/mol. The molecule has 0 atom stereocenters. The van der Waals surface area contributed by atoms with Crippen molar-refractivity contribution in [3.05, 3.63) is 39.0 Å². The van der Waals surface area contributed by atoms with E-state index in [-0.39, 0.29) is 5.91 Å². The van der Waals surface area contributed by atoms with Crippen LogP contribution >= 0.6 is 22.7 Å². The molecule has 0 aliphatic heterocycles. The molecule has 0 aliphatic carbocycles. The second-order valence-electron chi connectivity index (χ2n) is 4.49. The highest BCUT2D eigenvalue weighted by Crippen LogP contribution is 2.27. The monoisotopic (exact) mass is 303 g/mol. The zero-order valence-corrected chi connectivity index (χ0v) is 12.7. The molecular formula is C14H13N3OS2. The van der Waals surface area contributed by atoms with Crippen LogP contribution in [0.5, 0.6) is 0 Å². The summed E-state index contributed by atoms with van der Waals surface area (Å²) >= 11 is 3.02. The van der Waals surface area contributed by atoms with Gasteiger partial charge in [0.05, 0.1) is 20.1 Å². The summed E-state index contributed by atoms with van der Waals surface area (Å²) in [6.45, 7) is 3.88. The van der Waals surface area contributed by atoms with Gasteiger partial charge in [0.2, 0.25) is 0 Å². The molecule has 3 rings (SSSR count). The van der Waals surface area contributed by atoms with Crippen LogP contribution in [0.2, 0.25) is 0 Å². The van der Waals surface area contributed by atoms with Crippen LogP contribution in [0.1, 0.15) is 19.6 Å². The van der Waals surface area contributed by atoms with Gasteiger partial charge in [-0.05, 0) is 38.1 Å². The highest BCUT2D eigenvalue weighted by atomic mass is 32.1. The Kier molecular flexibility index (Phi) is 3.19. The van der Waals surface area contributed by atoms with E-state index in [9.17, 15) is 4.79 Å². The maximum absolute atomic E-state index is 12.2.